The first-order valence-electron chi connectivity index (χ1n) is 5.67. The van der Waals surface area contributed by atoms with Gasteiger partial charge in [0.15, 0.2) is 0 Å². The van der Waals surface area contributed by atoms with Crippen LogP contribution in [0.2, 0.25) is 5.02 Å². The van der Waals surface area contributed by atoms with Crippen LogP contribution in [0.1, 0.15) is 5.56 Å². The van der Waals surface area contributed by atoms with Crippen LogP contribution < -0.4 is 4.74 Å². The van der Waals surface area contributed by atoms with E-state index < -0.39 is 38.9 Å². The van der Waals surface area contributed by atoms with Crippen molar-refractivity contribution in [3.63, 3.8) is 0 Å². The molecule has 0 spiro atoms. The Kier molecular flexibility index (Phi) is 4.23. The van der Waals surface area contributed by atoms with E-state index in [-0.39, 0.29) is 5.75 Å². The fourth-order valence-corrected chi connectivity index (χ4v) is 1.85. The van der Waals surface area contributed by atoms with Gasteiger partial charge in [0.1, 0.15) is 5.75 Å². The molecule has 0 unspecified atom stereocenters. The Morgan fingerprint density at radius 3 is 2.36 bits per heavy atom. The predicted molar refractivity (Wildman–Crippen MR) is 69.6 cm³/mol. The zero-order valence-corrected chi connectivity index (χ0v) is 11.3. The second-order valence-corrected chi connectivity index (χ2v) is 4.50. The molecule has 0 radical (unpaired) electrons. The molecular weight excluding hydrogens is 330 g/mol. The molecule has 9 heteroatoms. The van der Waals surface area contributed by atoms with Gasteiger partial charge in [0.05, 0.1) is 15.5 Å². The van der Waals surface area contributed by atoms with Gasteiger partial charge in [-0.05, 0) is 30.3 Å². The van der Waals surface area contributed by atoms with Gasteiger partial charge in [0.25, 0.3) is 0 Å². The van der Waals surface area contributed by atoms with Crippen LogP contribution in [0.3, 0.4) is 0 Å². The van der Waals surface area contributed by atoms with Gasteiger partial charge >= 0.3 is 11.9 Å². The van der Waals surface area contributed by atoms with E-state index in [0.29, 0.717) is 12.1 Å². The zero-order valence-electron chi connectivity index (χ0n) is 10.5. The van der Waals surface area contributed by atoms with Crippen LogP contribution in [0.4, 0.5) is 23.2 Å². The third-order valence-corrected chi connectivity index (χ3v) is 2.91. The number of para-hydroxylation sites is 1. The van der Waals surface area contributed by atoms with Crippen molar-refractivity contribution in [1.29, 1.82) is 0 Å². The average Bonchev–Trinajstić information content (AvgIpc) is 2.39. The molecule has 0 saturated heterocycles. The first kappa shape index (κ1) is 16.0. The fourth-order valence-electron chi connectivity index (χ4n) is 1.63. The highest BCUT2D eigenvalue weighted by molar-refractivity contribution is 6.32. The molecule has 0 heterocycles. The van der Waals surface area contributed by atoms with Crippen molar-refractivity contribution in [3.05, 3.63) is 62.9 Å². The van der Waals surface area contributed by atoms with Crippen molar-refractivity contribution in [2.45, 2.75) is 6.18 Å². The highest BCUT2D eigenvalue weighted by Crippen LogP contribution is 2.39. The summed E-state index contributed by atoms with van der Waals surface area (Å²) in [7, 11) is 0. The van der Waals surface area contributed by atoms with Crippen molar-refractivity contribution >= 4 is 17.3 Å². The van der Waals surface area contributed by atoms with E-state index in [0.717, 1.165) is 24.3 Å². The number of benzene rings is 2. The average molecular weight is 336 g/mol. The molecule has 2 rings (SSSR count). The molecule has 0 aliphatic heterocycles. The minimum Gasteiger partial charge on any atom is -0.448 e. The summed E-state index contributed by atoms with van der Waals surface area (Å²) >= 11 is 5.67. The number of nitrogens with zero attached hydrogens (tertiary/aromatic N) is 1. The molecule has 0 aromatic heterocycles. The Hall–Kier alpha value is -2.35. The SMILES string of the molecule is O=[N+]([O-])c1c(F)cccc1Oc1ccc(C(F)(F)F)cc1Cl. The van der Waals surface area contributed by atoms with Crippen LogP contribution in [0, 0.1) is 15.9 Å². The number of nitro benzene ring substituents is 1. The molecule has 0 atom stereocenters. The van der Waals surface area contributed by atoms with Crippen molar-refractivity contribution in [1.82, 2.24) is 0 Å². The standard InChI is InChI=1S/C13H6ClF4NO3/c14-8-6-7(13(16,17)18)4-5-10(8)22-11-3-1-2-9(15)12(11)19(20)21/h1-6H. The summed E-state index contributed by atoms with van der Waals surface area (Å²) < 4.78 is 56.0. The largest absolute Gasteiger partial charge is 0.448 e. The summed E-state index contributed by atoms with van der Waals surface area (Å²) in [6, 6.07) is 5.35. The molecular formula is C13H6ClF4NO3. The molecule has 2 aromatic carbocycles. The maximum Gasteiger partial charge on any atom is 0.416 e. The number of hydrogen-bond donors (Lipinski definition) is 0. The Morgan fingerprint density at radius 1 is 1.14 bits per heavy atom. The fraction of sp³-hybridized carbons (Fsp3) is 0.0769. The topological polar surface area (TPSA) is 52.4 Å². The normalized spacial score (nSPS) is 11.3. The summed E-state index contributed by atoms with van der Waals surface area (Å²) in [5.41, 5.74) is -1.93. The van der Waals surface area contributed by atoms with Gasteiger partial charge < -0.3 is 4.74 Å². The van der Waals surface area contributed by atoms with Gasteiger partial charge in [-0.2, -0.15) is 17.6 Å². The lowest BCUT2D eigenvalue weighted by atomic mass is 10.2. The summed E-state index contributed by atoms with van der Waals surface area (Å²) in [6.07, 6.45) is -4.59. The molecule has 116 valence electrons. The van der Waals surface area contributed by atoms with E-state index in [1.54, 1.807) is 0 Å². The minimum atomic E-state index is -4.59. The summed E-state index contributed by atoms with van der Waals surface area (Å²) in [5.74, 6) is -1.86. The maximum absolute atomic E-state index is 13.4. The van der Waals surface area contributed by atoms with E-state index in [1.165, 1.54) is 0 Å². The third-order valence-electron chi connectivity index (χ3n) is 2.61. The predicted octanol–water partition coefficient (Wildman–Crippen LogP) is 5.20. The highest BCUT2D eigenvalue weighted by atomic mass is 35.5. The quantitative estimate of drug-likeness (QED) is 0.440. The number of nitro groups is 1. The van der Waals surface area contributed by atoms with E-state index in [1.807, 2.05) is 0 Å². The number of alkyl halides is 3. The summed E-state index contributed by atoms with van der Waals surface area (Å²) in [4.78, 5) is 9.81. The van der Waals surface area contributed by atoms with Gasteiger partial charge in [0, 0.05) is 0 Å². The molecule has 2 aromatic rings. The smallest absolute Gasteiger partial charge is 0.416 e. The molecule has 0 fully saturated rings. The molecule has 4 nitrogen and oxygen atoms in total. The zero-order chi connectivity index (χ0) is 16.5. The number of hydrogen-bond acceptors (Lipinski definition) is 3. The molecule has 0 saturated carbocycles. The number of halogens is 5. The third kappa shape index (κ3) is 3.28. The van der Waals surface area contributed by atoms with Gasteiger partial charge in [-0.1, -0.05) is 17.7 Å². The van der Waals surface area contributed by atoms with Crippen LogP contribution in [0.5, 0.6) is 11.5 Å². The van der Waals surface area contributed by atoms with Gasteiger partial charge in [-0.25, -0.2) is 0 Å². The van der Waals surface area contributed by atoms with Crippen molar-refractivity contribution in [3.8, 4) is 11.5 Å². The van der Waals surface area contributed by atoms with E-state index >= 15 is 0 Å². The number of ether oxygens (including phenoxy) is 1. The first-order valence-corrected chi connectivity index (χ1v) is 6.05. The molecule has 0 aliphatic carbocycles. The Balaban J connectivity index is 2.41. The lowest BCUT2D eigenvalue weighted by Gasteiger charge is -2.11. The Bertz CT molecular complexity index is 734. The van der Waals surface area contributed by atoms with Crippen LogP contribution in [-0.4, -0.2) is 4.92 Å². The molecule has 0 aliphatic rings. The van der Waals surface area contributed by atoms with Crippen LogP contribution in [-0.2, 0) is 6.18 Å². The van der Waals surface area contributed by atoms with E-state index in [9.17, 15) is 27.7 Å². The lowest BCUT2D eigenvalue weighted by molar-refractivity contribution is -0.388. The monoisotopic (exact) mass is 335 g/mol. The Labute approximate surface area is 126 Å². The molecule has 0 bridgehead atoms. The highest BCUT2D eigenvalue weighted by Gasteiger charge is 2.31. The van der Waals surface area contributed by atoms with E-state index in [2.05, 4.69) is 0 Å². The first-order chi connectivity index (χ1) is 10.2. The Morgan fingerprint density at radius 2 is 1.82 bits per heavy atom. The van der Waals surface area contributed by atoms with Gasteiger partial charge in [-0.3, -0.25) is 10.1 Å². The summed E-state index contributed by atoms with van der Waals surface area (Å²) in [6.45, 7) is 0. The molecule has 0 N–H and O–H groups in total. The molecule has 0 amide bonds. The van der Waals surface area contributed by atoms with E-state index in [4.69, 9.17) is 16.3 Å². The van der Waals surface area contributed by atoms with Crippen LogP contribution >= 0.6 is 11.6 Å². The van der Waals surface area contributed by atoms with Crippen molar-refractivity contribution in [2.75, 3.05) is 0 Å². The van der Waals surface area contributed by atoms with Gasteiger partial charge in [0.2, 0.25) is 11.6 Å². The van der Waals surface area contributed by atoms with Gasteiger partial charge in [-0.15, -0.1) is 0 Å². The summed E-state index contributed by atoms with van der Waals surface area (Å²) in [5, 5.41) is 10.4. The number of rotatable bonds is 3. The molecule has 22 heavy (non-hydrogen) atoms. The maximum atomic E-state index is 13.4. The second kappa shape index (κ2) is 5.80. The van der Waals surface area contributed by atoms with Crippen molar-refractivity contribution < 1.29 is 27.2 Å². The minimum absolute atomic E-state index is 0.261. The lowest BCUT2D eigenvalue weighted by Crippen LogP contribution is -2.04. The van der Waals surface area contributed by atoms with Crippen LogP contribution in [0.25, 0.3) is 0 Å². The van der Waals surface area contributed by atoms with Crippen molar-refractivity contribution in [2.24, 2.45) is 0 Å². The van der Waals surface area contributed by atoms with Crippen LogP contribution in [0.15, 0.2) is 36.4 Å². The second-order valence-electron chi connectivity index (χ2n) is 4.09.